The Morgan fingerprint density at radius 3 is 2.72 bits per heavy atom. The van der Waals surface area contributed by atoms with Crippen LogP contribution in [0.5, 0.6) is 0 Å². The molecule has 0 radical (unpaired) electrons. The normalized spacial score (nSPS) is 14.3. The molecule has 1 aliphatic rings. The second kappa shape index (κ2) is 10.3. The number of ether oxygens (including phenoxy) is 1. The van der Waals surface area contributed by atoms with Crippen LogP contribution in [-0.4, -0.2) is 44.5 Å². The summed E-state index contributed by atoms with van der Waals surface area (Å²) in [6.07, 6.45) is 3.81. The van der Waals surface area contributed by atoms with E-state index in [9.17, 15) is 4.39 Å². The van der Waals surface area contributed by atoms with Crippen molar-refractivity contribution >= 4 is 11.1 Å². The molecular weight excluding hydrogens is 495 g/mol. The summed E-state index contributed by atoms with van der Waals surface area (Å²) in [5.74, 6) is 1.14. The molecule has 1 fully saturated rings. The minimum absolute atomic E-state index is 0.240. The number of methoxy groups -OCH3 is 1. The molecule has 1 N–H and O–H groups in total. The largest absolute Gasteiger partial charge is 0.434 e. The van der Waals surface area contributed by atoms with Crippen LogP contribution in [0.3, 0.4) is 0 Å². The van der Waals surface area contributed by atoms with Gasteiger partial charge in [-0.05, 0) is 79.3 Å². The molecule has 8 nitrogen and oxygen atoms in total. The summed E-state index contributed by atoms with van der Waals surface area (Å²) in [6.45, 7) is 5.48. The van der Waals surface area contributed by atoms with E-state index in [4.69, 9.17) is 19.1 Å². The molecule has 0 aliphatic heterocycles. The molecule has 0 bridgehead atoms. The molecular formula is C30H31FN6O2. The van der Waals surface area contributed by atoms with Crippen molar-refractivity contribution in [2.75, 3.05) is 13.7 Å². The standard InChI is InChI=1S/C30H31FN6O2/c1-17-9-19(14-32-18(2)15-38-4)10-26-28(17)39-30(35-26)27-12-21(11-25(34-27)20-5-6-20)23-8-7-22(31)13-24(23)29-36-33-16-37(29)3/h7-13,16,18,20,32H,5-6,14-15H2,1-4H3/t18-/m0/s1. The number of oxazole rings is 1. The van der Waals surface area contributed by atoms with Gasteiger partial charge in [-0.3, -0.25) is 0 Å². The van der Waals surface area contributed by atoms with E-state index in [0.717, 1.165) is 51.9 Å². The van der Waals surface area contributed by atoms with E-state index in [1.165, 1.54) is 12.1 Å². The summed E-state index contributed by atoms with van der Waals surface area (Å²) < 4.78 is 27.7. The zero-order chi connectivity index (χ0) is 27.1. The van der Waals surface area contributed by atoms with Crippen molar-refractivity contribution in [1.29, 1.82) is 0 Å². The fraction of sp³-hybridized carbons (Fsp3) is 0.333. The molecule has 9 heteroatoms. The van der Waals surface area contributed by atoms with E-state index in [2.05, 4.69) is 40.6 Å². The van der Waals surface area contributed by atoms with Crippen LogP contribution in [0.25, 0.3) is 45.2 Å². The average Bonchev–Trinajstić information content (AvgIpc) is 3.54. The van der Waals surface area contributed by atoms with Gasteiger partial charge in [0.2, 0.25) is 5.89 Å². The number of aromatic nitrogens is 5. The van der Waals surface area contributed by atoms with Gasteiger partial charge < -0.3 is 19.0 Å². The number of nitrogens with one attached hydrogen (secondary N) is 1. The van der Waals surface area contributed by atoms with E-state index in [1.54, 1.807) is 24.1 Å². The fourth-order valence-corrected chi connectivity index (χ4v) is 4.97. The molecule has 2 aromatic carbocycles. The van der Waals surface area contributed by atoms with Crippen molar-refractivity contribution in [2.45, 2.75) is 45.2 Å². The molecule has 3 heterocycles. The van der Waals surface area contributed by atoms with Crippen LogP contribution < -0.4 is 5.32 Å². The molecule has 5 aromatic rings. The Morgan fingerprint density at radius 2 is 1.97 bits per heavy atom. The molecule has 0 saturated heterocycles. The summed E-state index contributed by atoms with van der Waals surface area (Å²) in [7, 11) is 3.55. The molecule has 200 valence electrons. The lowest BCUT2D eigenvalue weighted by atomic mass is 9.97. The second-order valence-corrected chi connectivity index (χ2v) is 10.4. The molecule has 3 aromatic heterocycles. The third kappa shape index (κ3) is 5.20. The van der Waals surface area contributed by atoms with E-state index in [-0.39, 0.29) is 11.9 Å². The first-order valence-corrected chi connectivity index (χ1v) is 13.2. The molecule has 1 atom stereocenters. The maximum Gasteiger partial charge on any atom is 0.246 e. The smallest absolute Gasteiger partial charge is 0.246 e. The molecule has 6 rings (SSSR count). The van der Waals surface area contributed by atoms with E-state index in [0.29, 0.717) is 42.0 Å². The van der Waals surface area contributed by atoms with Crippen molar-refractivity contribution < 1.29 is 13.5 Å². The number of aryl methyl sites for hydroxylation is 2. The molecule has 0 amide bonds. The maximum atomic E-state index is 14.4. The summed E-state index contributed by atoms with van der Waals surface area (Å²) in [5.41, 5.74) is 7.77. The monoisotopic (exact) mass is 526 g/mol. The Bertz CT molecular complexity index is 1660. The van der Waals surface area contributed by atoms with Gasteiger partial charge in [-0.25, -0.2) is 14.4 Å². The van der Waals surface area contributed by atoms with Gasteiger partial charge in [-0.15, -0.1) is 10.2 Å². The molecule has 1 saturated carbocycles. The first-order valence-electron chi connectivity index (χ1n) is 13.2. The topological polar surface area (TPSA) is 90.9 Å². The quantitative estimate of drug-likeness (QED) is 0.259. The van der Waals surface area contributed by atoms with E-state index >= 15 is 0 Å². The number of fused-ring (bicyclic) bond motifs is 1. The van der Waals surface area contributed by atoms with E-state index in [1.807, 2.05) is 20.0 Å². The Labute approximate surface area is 226 Å². The fourth-order valence-electron chi connectivity index (χ4n) is 4.97. The predicted octanol–water partition coefficient (Wildman–Crippen LogP) is 5.80. The molecule has 0 spiro atoms. The highest BCUT2D eigenvalue weighted by molar-refractivity contribution is 5.84. The number of nitrogens with zero attached hydrogens (tertiary/aromatic N) is 5. The van der Waals surface area contributed by atoms with Crippen LogP contribution in [0.2, 0.25) is 0 Å². The van der Waals surface area contributed by atoms with Gasteiger partial charge in [-0.1, -0.05) is 12.1 Å². The van der Waals surface area contributed by atoms with Gasteiger partial charge in [0.15, 0.2) is 11.4 Å². The minimum atomic E-state index is -0.329. The van der Waals surface area contributed by atoms with Gasteiger partial charge in [0.1, 0.15) is 23.4 Å². The maximum absolute atomic E-state index is 14.4. The highest BCUT2D eigenvalue weighted by Gasteiger charge is 2.27. The summed E-state index contributed by atoms with van der Waals surface area (Å²) in [4.78, 5) is 9.81. The van der Waals surface area contributed by atoms with Gasteiger partial charge in [0, 0.05) is 43.9 Å². The van der Waals surface area contributed by atoms with Crippen molar-refractivity contribution in [3.63, 3.8) is 0 Å². The van der Waals surface area contributed by atoms with E-state index < -0.39 is 0 Å². The summed E-state index contributed by atoms with van der Waals surface area (Å²) in [6, 6.07) is 13.2. The average molecular weight is 527 g/mol. The number of pyridine rings is 1. The van der Waals surface area contributed by atoms with Crippen molar-refractivity contribution in [3.8, 4) is 34.1 Å². The lowest BCUT2D eigenvalue weighted by molar-refractivity contribution is 0.171. The highest BCUT2D eigenvalue weighted by Crippen LogP contribution is 2.42. The molecule has 0 unspecified atom stereocenters. The first kappa shape index (κ1) is 25.3. The number of rotatable bonds is 9. The van der Waals surface area contributed by atoms with Crippen LogP contribution in [0.1, 0.15) is 42.5 Å². The molecule has 39 heavy (non-hydrogen) atoms. The van der Waals surface area contributed by atoms with Crippen LogP contribution in [0.15, 0.2) is 53.2 Å². The van der Waals surface area contributed by atoms with Crippen LogP contribution in [0, 0.1) is 12.7 Å². The Kier molecular flexibility index (Phi) is 6.70. The predicted molar refractivity (Wildman–Crippen MR) is 148 cm³/mol. The molecule has 1 aliphatic carbocycles. The van der Waals surface area contributed by atoms with Crippen LogP contribution in [0.4, 0.5) is 4.39 Å². The highest BCUT2D eigenvalue weighted by atomic mass is 19.1. The van der Waals surface area contributed by atoms with Crippen molar-refractivity contribution in [1.82, 2.24) is 30.0 Å². The Hall–Kier alpha value is -3.95. The van der Waals surface area contributed by atoms with Crippen LogP contribution in [-0.2, 0) is 18.3 Å². The Balaban J connectivity index is 1.42. The minimum Gasteiger partial charge on any atom is -0.434 e. The van der Waals surface area contributed by atoms with Gasteiger partial charge in [0.25, 0.3) is 0 Å². The third-order valence-electron chi connectivity index (χ3n) is 7.11. The van der Waals surface area contributed by atoms with Crippen LogP contribution >= 0.6 is 0 Å². The van der Waals surface area contributed by atoms with Crippen molar-refractivity contribution in [3.05, 3.63) is 71.4 Å². The third-order valence-corrected chi connectivity index (χ3v) is 7.11. The first-order chi connectivity index (χ1) is 18.9. The summed E-state index contributed by atoms with van der Waals surface area (Å²) in [5, 5.41) is 11.7. The Morgan fingerprint density at radius 1 is 1.13 bits per heavy atom. The van der Waals surface area contributed by atoms with Gasteiger partial charge in [-0.2, -0.15) is 0 Å². The number of hydrogen-bond acceptors (Lipinski definition) is 7. The zero-order valence-corrected chi connectivity index (χ0v) is 22.5. The lowest BCUT2D eigenvalue weighted by Crippen LogP contribution is -2.29. The SMILES string of the molecule is COC[C@H](C)NCc1cc(C)c2oc(-c3cc(-c4ccc(F)cc4-c4nncn4C)cc(C4CC4)n3)nc2c1. The zero-order valence-electron chi connectivity index (χ0n) is 22.5. The number of halogens is 1. The van der Waals surface area contributed by atoms with Crippen molar-refractivity contribution in [2.24, 2.45) is 7.05 Å². The lowest BCUT2D eigenvalue weighted by Gasteiger charge is -2.12. The van der Waals surface area contributed by atoms with Gasteiger partial charge in [0.05, 0.1) is 6.61 Å². The number of benzene rings is 2. The number of hydrogen-bond donors (Lipinski definition) is 1. The second-order valence-electron chi connectivity index (χ2n) is 10.4. The van der Waals surface area contributed by atoms with Gasteiger partial charge >= 0.3 is 0 Å². The summed E-state index contributed by atoms with van der Waals surface area (Å²) >= 11 is 0.